The summed E-state index contributed by atoms with van der Waals surface area (Å²) >= 11 is 7.34. The molecule has 0 aliphatic carbocycles. The molecule has 2 aromatic heterocycles. The van der Waals surface area contributed by atoms with Gasteiger partial charge in [0.15, 0.2) is 0 Å². The second-order valence-electron chi connectivity index (χ2n) is 4.24. The van der Waals surface area contributed by atoms with E-state index in [1.807, 2.05) is 19.1 Å². The van der Waals surface area contributed by atoms with Crippen LogP contribution >= 0.6 is 22.9 Å². The fraction of sp³-hybridized carbons (Fsp3) is 0.200. The van der Waals surface area contributed by atoms with E-state index < -0.39 is 0 Å². The highest BCUT2D eigenvalue weighted by molar-refractivity contribution is 7.16. The first-order valence-corrected chi connectivity index (χ1v) is 7.51. The lowest BCUT2D eigenvalue weighted by atomic mass is 10.1. The minimum atomic E-state index is -0.269. The monoisotopic (exact) mass is 319 g/mol. The summed E-state index contributed by atoms with van der Waals surface area (Å²) in [5, 5.41) is 2.89. The van der Waals surface area contributed by atoms with Crippen molar-refractivity contribution in [3.63, 3.8) is 0 Å². The average Bonchev–Trinajstić information content (AvgIpc) is 2.92. The zero-order valence-electron chi connectivity index (χ0n) is 11.4. The lowest BCUT2D eigenvalue weighted by molar-refractivity contribution is 0.0935. The Morgan fingerprint density at radius 3 is 3.00 bits per heavy atom. The number of thiophene rings is 1. The Morgan fingerprint density at radius 2 is 2.33 bits per heavy atom. The molecule has 0 aliphatic rings. The molecule has 0 bridgehead atoms. The van der Waals surface area contributed by atoms with Crippen LogP contribution in [0.4, 0.5) is 0 Å². The van der Waals surface area contributed by atoms with Crippen molar-refractivity contribution in [1.82, 2.24) is 10.3 Å². The number of nitrogens with zero attached hydrogens (tertiary/aromatic N) is 1. The summed E-state index contributed by atoms with van der Waals surface area (Å²) in [7, 11) is 0. The van der Waals surface area contributed by atoms with Crippen LogP contribution in [0.1, 0.15) is 33.9 Å². The van der Waals surface area contributed by atoms with Crippen LogP contribution in [0.5, 0.6) is 0 Å². The number of carbonyl (C=O) groups is 1. The van der Waals surface area contributed by atoms with Crippen molar-refractivity contribution in [2.75, 3.05) is 6.54 Å². The molecule has 3 N–H and O–H groups in total. The average molecular weight is 320 g/mol. The van der Waals surface area contributed by atoms with E-state index in [0.29, 0.717) is 15.6 Å². The van der Waals surface area contributed by atoms with E-state index in [4.69, 9.17) is 17.3 Å². The van der Waals surface area contributed by atoms with E-state index in [1.165, 1.54) is 11.3 Å². The molecule has 2 heterocycles. The molecule has 2 aromatic rings. The first-order chi connectivity index (χ1) is 10.1. The van der Waals surface area contributed by atoms with Gasteiger partial charge in [0.25, 0.3) is 5.91 Å². The van der Waals surface area contributed by atoms with Crippen LogP contribution in [0.3, 0.4) is 0 Å². The first kappa shape index (κ1) is 15.5. The van der Waals surface area contributed by atoms with Crippen molar-refractivity contribution in [2.24, 2.45) is 5.73 Å². The van der Waals surface area contributed by atoms with E-state index in [1.54, 1.807) is 18.3 Å². The molecule has 0 saturated carbocycles. The molecule has 21 heavy (non-hydrogen) atoms. The number of aromatic nitrogens is 1. The van der Waals surface area contributed by atoms with E-state index in [9.17, 15) is 4.79 Å². The largest absolute Gasteiger partial charge is 0.343 e. The molecule has 2 rings (SSSR count). The number of hydrogen-bond donors (Lipinski definition) is 2. The number of nitrogens with two attached hydrogens (primary N) is 1. The standard InChI is InChI=1S/C15H14ClN3OS/c1-10(12-6-7-13(16)21-12)19-15(20)14-11(4-2-8-17)5-3-9-18-14/h3,5-7,9-10H,8,17H2,1H3,(H,19,20). The molecule has 4 nitrogen and oxygen atoms in total. The van der Waals surface area contributed by atoms with Gasteiger partial charge in [-0.05, 0) is 31.2 Å². The van der Waals surface area contributed by atoms with Gasteiger partial charge in [0.05, 0.1) is 22.5 Å². The Bertz CT molecular complexity index is 702. The SMILES string of the molecule is CC(NC(=O)c1ncccc1C#CCN)c1ccc(Cl)s1. The van der Waals surface area contributed by atoms with Crippen molar-refractivity contribution < 1.29 is 4.79 Å². The van der Waals surface area contributed by atoms with Crippen LogP contribution in [-0.4, -0.2) is 17.4 Å². The molecule has 0 radical (unpaired) electrons. The van der Waals surface area contributed by atoms with Crippen molar-refractivity contribution in [3.05, 3.63) is 50.9 Å². The fourth-order valence-corrected chi connectivity index (χ4v) is 2.79. The maximum absolute atomic E-state index is 12.3. The second-order valence-corrected chi connectivity index (χ2v) is 5.99. The van der Waals surface area contributed by atoms with Gasteiger partial charge in [-0.3, -0.25) is 4.79 Å². The van der Waals surface area contributed by atoms with Crippen molar-refractivity contribution in [3.8, 4) is 11.8 Å². The Labute approximate surface area is 132 Å². The van der Waals surface area contributed by atoms with Crippen molar-refractivity contribution in [1.29, 1.82) is 0 Å². The third-order valence-electron chi connectivity index (χ3n) is 2.72. The summed E-state index contributed by atoms with van der Waals surface area (Å²) in [5.74, 6) is 5.32. The predicted molar refractivity (Wildman–Crippen MR) is 85.4 cm³/mol. The van der Waals surface area contributed by atoms with Crippen LogP contribution in [0, 0.1) is 11.8 Å². The minimum Gasteiger partial charge on any atom is -0.343 e. The van der Waals surface area contributed by atoms with Crippen molar-refractivity contribution >= 4 is 28.8 Å². The fourth-order valence-electron chi connectivity index (χ4n) is 1.73. The predicted octanol–water partition coefficient (Wildman–Crippen LogP) is 2.60. The minimum absolute atomic E-state index is 0.146. The van der Waals surface area contributed by atoms with Gasteiger partial charge in [-0.25, -0.2) is 4.98 Å². The van der Waals surface area contributed by atoms with Gasteiger partial charge >= 0.3 is 0 Å². The molecule has 0 fully saturated rings. The van der Waals surface area contributed by atoms with E-state index in [2.05, 4.69) is 22.1 Å². The molecule has 1 amide bonds. The van der Waals surface area contributed by atoms with Crippen LogP contribution < -0.4 is 11.1 Å². The van der Waals surface area contributed by atoms with E-state index in [0.717, 1.165) is 4.88 Å². The molecular formula is C15H14ClN3OS. The van der Waals surface area contributed by atoms with Gasteiger partial charge < -0.3 is 11.1 Å². The van der Waals surface area contributed by atoms with Gasteiger partial charge in [-0.1, -0.05) is 23.4 Å². The van der Waals surface area contributed by atoms with Crippen LogP contribution in [0.25, 0.3) is 0 Å². The number of pyridine rings is 1. The summed E-state index contributed by atoms with van der Waals surface area (Å²) in [6.07, 6.45) is 1.56. The van der Waals surface area contributed by atoms with Gasteiger partial charge in [0.1, 0.15) is 5.69 Å². The normalized spacial score (nSPS) is 11.4. The molecule has 6 heteroatoms. The van der Waals surface area contributed by atoms with E-state index in [-0.39, 0.29) is 18.5 Å². The molecular weight excluding hydrogens is 306 g/mol. The number of nitrogens with one attached hydrogen (secondary N) is 1. The second kappa shape index (κ2) is 7.23. The van der Waals surface area contributed by atoms with Gasteiger partial charge in [-0.2, -0.15) is 0 Å². The Balaban J connectivity index is 2.17. The molecule has 1 unspecified atom stereocenters. The van der Waals surface area contributed by atoms with Crippen molar-refractivity contribution in [2.45, 2.75) is 13.0 Å². The van der Waals surface area contributed by atoms with Gasteiger partial charge in [0.2, 0.25) is 0 Å². The zero-order valence-corrected chi connectivity index (χ0v) is 13.0. The highest BCUT2D eigenvalue weighted by Gasteiger charge is 2.16. The third kappa shape index (κ3) is 4.05. The third-order valence-corrected chi connectivity index (χ3v) is 4.13. The number of amides is 1. The Hall–Kier alpha value is -1.87. The number of halogens is 1. The summed E-state index contributed by atoms with van der Waals surface area (Å²) < 4.78 is 0.693. The number of rotatable bonds is 3. The summed E-state index contributed by atoms with van der Waals surface area (Å²) in [6, 6.07) is 7.04. The molecule has 0 spiro atoms. The Morgan fingerprint density at radius 1 is 1.52 bits per heavy atom. The van der Waals surface area contributed by atoms with Crippen LogP contribution in [-0.2, 0) is 0 Å². The number of carbonyl (C=O) groups excluding carboxylic acids is 1. The lowest BCUT2D eigenvalue weighted by Crippen LogP contribution is -2.27. The molecule has 0 saturated heterocycles. The van der Waals surface area contributed by atoms with Gasteiger partial charge in [-0.15, -0.1) is 11.3 Å². The van der Waals surface area contributed by atoms with Crippen LogP contribution in [0.2, 0.25) is 4.34 Å². The Kier molecular flexibility index (Phi) is 5.34. The highest BCUT2D eigenvalue weighted by Crippen LogP contribution is 2.26. The molecule has 1 atom stereocenters. The summed E-state index contributed by atoms with van der Waals surface area (Å²) in [4.78, 5) is 17.4. The maximum Gasteiger partial charge on any atom is 0.271 e. The highest BCUT2D eigenvalue weighted by atomic mass is 35.5. The number of hydrogen-bond acceptors (Lipinski definition) is 4. The van der Waals surface area contributed by atoms with Gasteiger partial charge in [0, 0.05) is 11.1 Å². The quantitative estimate of drug-likeness (QED) is 0.854. The molecule has 0 aromatic carbocycles. The lowest BCUT2D eigenvalue weighted by Gasteiger charge is -2.12. The topological polar surface area (TPSA) is 68.0 Å². The maximum atomic E-state index is 12.3. The smallest absolute Gasteiger partial charge is 0.271 e. The molecule has 108 valence electrons. The summed E-state index contributed by atoms with van der Waals surface area (Å²) in [6.45, 7) is 2.13. The summed E-state index contributed by atoms with van der Waals surface area (Å²) in [5.41, 5.74) is 6.22. The molecule has 0 aliphatic heterocycles. The first-order valence-electron chi connectivity index (χ1n) is 6.32. The van der Waals surface area contributed by atoms with E-state index >= 15 is 0 Å². The zero-order chi connectivity index (χ0) is 15.2. The van der Waals surface area contributed by atoms with Crippen LogP contribution in [0.15, 0.2) is 30.5 Å².